The first-order valence-electron chi connectivity index (χ1n) is 7.18. The van der Waals surface area contributed by atoms with Gasteiger partial charge in [0.25, 0.3) is 0 Å². The van der Waals surface area contributed by atoms with Gasteiger partial charge in [0, 0.05) is 26.7 Å². The van der Waals surface area contributed by atoms with Crippen LogP contribution in [0, 0.1) is 0 Å². The summed E-state index contributed by atoms with van der Waals surface area (Å²) in [6.45, 7) is 5.62. The molecule has 0 unspecified atom stereocenters. The molecule has 3 heterocycles. The van der Waals surface area contributed by atoms with E-state index in [1.807, 2.05) is 4.68 Å². The maximum absolute atomic E-state index is 5.94. The van der Waals surface area contributed by atoms with Crippen molar-refractivity contribution in [2.75, 3.05) is 46.6 Å². The molecule has 2 atom stereocenters. The van der Waals surface area contributed by atoms with Crippen LogP contribution in [0.3, 0.4) is 0 Å². The third kappa shape index (κ3) is 3.01. The van der Waals surface area contributed by atoms with Crippen molar-refractivity contribution in [2.45, 2.75) is 25.2 Å². The van der Waals surface area contributed by atoms with Crippen molar-refractivity contribution in [3.05, 3.63) is 11.9 Å². The van der Waals surface area contributed by atoms with Gasteiger partial charge < -0.3 is 14.2 Å². The smallest absolute Gasteiger partial charge is 0.0932 e. The molecule has 0 aromatic carbocycles. The van der Waals surface area contributed by atoms with Crippen LogP contribution in [-0.2, 0) is 20.8 Å². The minimum Gasteiger partial charge on any atom is -0.382 e. The molecule has 7 heteroatoms. The predicted molar refractivity (Wildman–Crippen MR) is 71.4 cm³/mol. The lowest BCUT2D eigenvalue weighted by molar-refractivity contribution is -0.0726. The third-order valence-electron chi connectivity index (χ3n) is 4.00. The summed E-state index contributed by atoms with van der Waals surface area (Å²) in [5.74, 6) is 0. The summed E-state index contributed by atoms with van der Waals surface area (Å²) >= 11 is 0. The number of aromatic nitrogens is 3. The topological polar surface area (TPSA) is 61.6 Å². The first kappa shape index (κ1) is 13.9. The highest BCUT2D eigenvalue weighted by Crippen LogP contribution is 2.30. The molecule has 112 valence electrons. The van der Waals surface area contributed by atoms with Gasteiger partial charge in [0.15, 0.2) is 0 Å². The number of hydrogen-bond acceptors (Lipinski definition) is 6. The van der Waals surface area contributed by atoms with E-state index >= 15 is 0 Å². The van der Waals surface area contributed by atoms with Crippen molar-refractivity contribution < 1.29 is 14.2 Å². The van der Waals surface area contributed by atoms with E-state index in [2.05, 4.69) is 15.2 Å². The molecule has 3 rings (SSSR count). The van der Waals surface area contributed by atoms with Crippen LogP contribution in [0.2, 0.25) is 0 Å². The van der Waals surface area contributed by atoms with Gasteiger partial charge in [-0.15, -0.1) is 5.10 Å². The van der Waals surface area contributed by atoms with Crippen LogP contribution in [0.1, 0.15) is 18.2 Å². The number of methoxy groups -OCH3 is 1. The largest absolute Gasteiger partial charge is 0.382 e. The van der Waals surface area contributed by atoms with Gasteiger partial charge in [-0.05, 0) is 6.42 Å². The molecule has 0 amide bonds. The number of piperidine rings is 1. The lowest BCUT2D eigenvalue weighted by Crippen LogP contribution is -2.49. The highest BCUT2D eigenvalue weighted by atomic mass is 16.5. The van der Waals surface area contributed by atoms with Crippen LogP contribution in [0.5, 0.6) is 0 Å². The molecule has 1 fully saturated rings. The summed E-state index contributed by atoms with van der Waals surface area (Å²) in [5.41, 5.74) is 1.09. The molecule has 1 aromatic heterocycles. The highest BCUT2D eigenvalue weighted by Gasteiger charge is 2.35. The van der Waals surface area contributed by atoms with Gasteiger partial charge in [0.2, 0.25) is 0 Å². The molecule has 20 heavy (non-hydrogen) atoms. The maximum atomic E-state index is 5.94. The zero-order chi connectivity index (χ0) is 13.8. The standard InChI is InChI=1S/C13H22N4O3/c1-18-6-7-19-5-4-16-3-2-12-13(9-16)20-10-11-8-14-15-17(11)12/h8,12-13H,2-7,9-10H2,1H3/t12-,13-/m0/s1. The second kappa shape index (κ2) is 6.62. The van der Waals surface area contributed by atoms with Gasteiger partial charge in [-0.2, -0.15) is 0 Å². The average molecular weight is 282 g/mol. The normalized spacial score (nSPS) is 26.2. The molecule has 1 saturated heterocycles. The number of fused-ring (bicyclic) bond motifs is 3. The van der Waals surface area contributed by atoms with Crippen molar-refractivity contribution in [2.24, 2.45) is 0 Å². The second-order valence-electron chi connectivity index (χ2n) is 5.28. The first-order chi connectivity index (χ1) is 9.88. The van der Waals surface area contributed by atoms with Gasteiger partial charge >= 0.3 is 0 Å². The summed E-state index contributed by atoms with van der Waals surface area (Å²) in [5, 5.41) is 8.17. The van der Waals surface area contributed by atoms with Gasteiger partial charge in [0.05, 0.1) is 50.5 Å². The summed E-state index contributed by atoms with van der Waals surface area (Å²) in [6.07, 6.45) is 3.07. The van der Waals surface area contributed by atoms with Gasteiger partial charge in [0.1, 0.15) is 0 Å². The molecule has 0 N–H and O–H groups in total. The molecule has 0 saturated carbocycles. The Morgan fingerprint density at radius 2 is 2.35 bits per heavy atom. The molecular weight excluding hydrogens is 260 g/mol. The Morgan fingerprint density at radius 1 is 1.40 bits per heavy atom. The van der Waals surface area contributed by atoms with Crippen molar-refractivity contribution >= 4 is 0 Å². The molecule has 0 radical (unpaired) electrons. The SMILES string of the molecule is COCCOCCN1CC[C@H]2[C@H](C1)OCc1cnnn12. The molecular formula is C13H22N4O3. The maximum Gasteiger partial charge on any atom is 0.0932 e. The molecule has 0 spiro atoms. The van der Waals surface area contributed by atoms with Crippen molar-refractivity contribution in [3.8, 4) is 0 Å². The quantitative estimate of drug-likeness (QED) is 0.689. The molecule has 2 aliphatic heterocycles. The Bertz CT molecular complexity index is 426. The fourth-order valence-corrected chi connectivity index (χ4v) is 2.89. The third-order valence-corrected chi connectivity index (χ3v) is 4.00. The van der Waals surface area contributed by atoms with E-state index in [0.717, 1.165) is 38.4 Å². The zero-order valence-corrected chi connectivity index (χ0v) is 11.9. The Hall–Kier alpha value is -1.02. The number of hydrogen-bond donors (Lipinski definition) is 0. The minimum absolute atomic E-state index is 0.219. The van der Waals surface area contributed by atoms with Gasteiger partial charge in [-0.1, -0.05) is 5.21 Å². The fourth-order valence-electron chi connectivity index (χ4n) is 2.89. The van der Waals surface area contributed by atoms with E-state index in [4.69, 9.17) is 14.2 Å². The highest BCUT2D eigenvalue weighted by molar-refractivity contribution is 5.00. The Labute approximate surface area is 118 Å². The van der Waals surface area contributed by atoms with E-state index in [1.165, 1.54) is 0 Å². The van der Waals surface area contributed by atoms with Crippen LogP contribution in [0.25, 0.3) is 0 Å². The van der Waals surface area contributed by atoms with Crippen molar-refractivity contribution in [3.63, 3.8) is 0 Å². The Morgan fingerprint density at radius 3 is 3.25 bits per heavy atom. The molecule has 7 nitrogen and oxygen atoms in total. The zero-order valence-electron chi connectivity index (χ0n) is 11.9. The fraction of sp³-hybridized carbons (Fsp3) is 0.846. The van der Waals surface area contributed by atoms with E-state index in [9.17, 15) is 0 Å². The summed E-state index contributed by atoms with van der Waals surface area (Å²) in [7, 11) is 1.69. The number of likely N-dealkylation sites (tertiary alicyclic amines) is 1. The lowest BCUT2D eigenvalue weighted by Gasteiger charge is -2.40. The van der Waals surface area contributed by atoms with Crippen LogP contribution < -0.4 is 0 Å². The van der Waals surface area contributed by atoms with E-state index in [-0.39, 0.29) is 6.10 Å². The second-order valence-corrected chi connectivity index (χ2v) is 5.28. The molecule has 0 aliphatic carbocycles. The molecule has 1 aromatic rings. The number of rotatable bonds is 6. The van der Waals surface area contributed by atoms with Crippen molar-refractivity contribution in [1.82, 2.24) is 19.9 Å². The van der Waals surface area contributed by atoms with Gasteiger partial charge in [-0.3, -0.25) is 4.90 Å². The first-order valence-corrected chi connectivity index (χ1v) is 7.18. The molecule has 0 bridgehead atoms. The average Bonchev–Trinajstić information content (AvgIpc) is 2.95. The summed E-state index contributed by atoms with van der Waals surface area (Å²) < 4.78 is 18.5. The lowest BCUT2D eigenvalue weighted by atomic mass is 10.0. The summed E-state index contributed by atoms with van der Waals surface area (Å²) in [6, 6.07) is 0.340. The number of nitrogens with zero attached hydrogens (tertiary/aromatic N) is 4. The monoisotopic (exact) mass is 282 g/mol. The predicted octanol–water partition coefficient (Wildman–Crippen LogP) is 0.0867. The Kier molecular flexibility index (Phi) is 4.62. The van der Waals surface area contributed by atoms with Gasteiger partial charge in [-0.25, -0.2) is 4.68 Å². The Balaban J connectivity index is 1.46. The minimum atomic E-state index is 0.219. The summed E-state index contributed by atoms with van der Waals surface area (Å²) in [4.78, 5) is 2.40. The molecule has 2 aliphatic rings. The number of ether oxygens (including phenoxy) is 3. The van der Waals surface area contributed by atoms with Crippen molar-refractivity contribution in [1.29, 1.82) is 0 Å². The van der Waals surface area contributed by atoms with Crippen LogP contribution in [0.4, 0.5) is 0 Å². The van der Waals surface area contributed by atoms with E-state index in [1.54, 1.807) is 13.3 Å². The van der Waals surface area contributed by atoms with Crippen LogP contribution in [0.15, 0.2) is 6.20 Å². The van der Waals surface area contributed by atoms with Crippen LogP contribution in [-0.4, -0.2) is 72.6 Å². The van der Waals surface area contributed by atoms with E-state index in [0.29, 0.717) is 25.9 Å². The van der Waals surface area contributed by atoms with Crippen LogP contribution >= 0.6 is 0 Å². The van der Waals surface area contributed by atoms with E-state index < -0.39 is 0 Å².